The number of halogens is 1. The summed E-state index contributed by atoms with van der Waals surface area (Å²) in [6, 6.07) is 9.58. The lowest BCUT2D eigenvalue weighted by Crippen LogP contribution is -2.18. The lowest BCUT2D eigenvalue weighted by atomic mass is 10.4. The fourth-order valence-electron chi connectivity index (χ4n) is 2.42. The van der Waals surface area contributed by atoms with Crippen LogP contribution in [0.25, 0.3) is 0 Å². The summed E-state index contributed by atoms with van der Waals surface area (Å²) in [5.41, 5.74) is 1.02. The molecule has 1 N–H and O–H groups in total. The first kappa shape index (κ1) is 15.1. The van der Waals surface area contributed by atoms with Gasteiger partial charge in [-0.05, 0) is 49.2 Å². The van der Waals surface area contributed by atoms with Gasteiger partial charge in [0.05, 0.1) is 16.8 Å². The van der Waals surface area contributed by atoms with Crippen LogP contribution in [0, 0.1) is 0 Å². The van der Waals surface area contributed by atoms with Gasteiger partial charge in [-0.3, -0.25) is 4.72 Å². The Morgan fingerprint density at radius 1 is 1.05 bits per heavy atom. The molecular weight excluding hydrogens is 322 g/mol. The highest BCUT2D eigenvalue weighted by Crippen LogP contribution is 2.22. The summed E-state index contributed by atoms with van der Waals surface area (Å²) in [4.78, 5) is 6.59. The minimum Gasteiger partial charge on any atom is -0.370 e. The van der Waals surface area contributed by atoms with E-state index in [1.54, 1.807) is 24.4 Å². The molecule has 0 amide bonds. The number of hydrogen-bond acceptors (Lipinski definition) is 4. The van der Waals surface area contributed by atoms with Crippen LogP contribution in [0.4, 0.5) is 11.5 Å². The maximum absolute atomic E-state index is 12.2. The number of hydrogen-bond donors (Lipinski definition) is 1. The molecule has 1 aliphatic heterocycles. The quantitative estimate of drug-likeness (QED) is 0.931. The van der Waals surface area contributed by atoms with Crippen molar-refractivity contribution in [3.05, 3.63) is 47.6 Å². The molecule has 1 aromatic carbocycles. The zero-order chi connectivity index (χ0) is 15.6. The molecule has 1 fully saturated rings. The van der Waals surface area contributed by atoms with Crippen LogP contribution in [0.1, 0.15) is 12.8 Å². The van der Waals surface area contributed by atoms with Gasteiger partial charge in [-0.1, -0.05) is 11.6 Å². The molecular formula is C15H16ClN3O2S. The van der Waals surface area contributed by atoms with Crippen LogP contribution in [0.15, 0.2) is 47.5 Å². The van der Waals surface area contributed by atoms with Crippen molar-refractivity contribution in [3.8, 4) is 0 Å². The van der Waals surface area contributed by atoms with E-state index in [2.05, 4.69) is 14.6 Å². The zero-order valence-corrected chi connectivity index (χ0v) is 13.4. The monoisotopic (exact) mass is 337 g/mol. The van der Waals surface area contributed by atoms with E-state index in [0.29, 0.717) is 10.8 Å². The normalized spacial score (nSPS) is 15.0. The fourth-order valence-corrected chi connectivity index (χ4v) is 3.55. The van der Waals surface area contributed by atoms with E-state index in [1.807, 2.05) is 6.07 Å². The Morgan fingerprint density at radius 3 is 2.32 bits per heavy atom. The lowest BCUT2D eigenvalue weighted by Gasteiger charge is -2.17. The lowest BCUT2D eigenvalue weighted by molar-refractivity contribution is 0.601. The van der Waals surface area contributed by atoms with Gasteiger partial charge in [-0.25, -0.2) is 13.4 Å². The van der Waals surface area contributed by atoms with Gasteiger partial charge in [-0.2, -0.15) is 0 Å². The number of rotatable bonds is 4. The molecule has 5 nitrogen and oxygen atoms in total. The van der Waals surface area contributed by atoms with Gasteiger partial charge in [0.1, 0.15) is 5.82 Å². The molecule has 1 aromatic heterocycles. The molecule has 22 heavy (non-hydrogen) atoms. The molecule has 0 unspecified atom stereocenters. The molecule has 0 radical (unpaired) electrons. The highest BCUT2D eigenvalue weighted by molar-refractivity contribution is 7.92. The van der Waals surface area contributed by atoms with Crippen molar-refractivity contribution in [1.29, 1.82) is 0 Å². The first-order chi connectivity index (χ1) is 10.5. The average Bonchev–Trinajstić information content (AvgIpc) is 3.02. The van der Waals surface area contributed by atoms with Crippen molar-refractivity contribution >= 4 is 33.1 Å². The van der Waals surface area contributed by atoms with Crippen LogP contribution in [0.5, 0.6) is 0 Å². The van der Waals surface area contributed by atoms with Crippen molar-refractivity contribution in [2.24, 2.45) is 0 Å². The molecule has 0 atom stereocenters. The Balaban J connectivity index is 1.75. The molecule has 1 saturated heterocycles. The Hall–Kier alpha value is -1.79. The van der Waals surface area contributed by atoms with Crippen molar-refractivity contribution in [1.82, 2.24) is 4.98 Å². The standard InChI is InChI=1S/C15H16ClN3O2S/c16-12-3-6-14(7-4-12)22(20,21)18-15-8-5-13(11-17-15)19-9-1-2-10-19/h3-8,11H,1-2,9-10H2,(H,17,18). The largest absolute Gasteiger partial charge is 0.370 e. The van der Waals surface area contributed by atoms with Gasteiger partial charge in [-0.15, -0.1) is 0 Å². The van der Waals surface area contributed by atoms with E-state index in [0.717, 1.165) is 18.8 Å². The number of aromatic nitrogens is 1. The van der Waals surface area contributed by atoms with Gasteiger partial charge in [0.25, 0.3) is 10.0 Å². The van der Waals surface area contributed by atoms with Gasteiger partial charge in [0.15, 0.2) is 0 Å². The van der Waals surface area contributed by atoms with E-state index < -0.39 is 10.0 Å². The molecule has 1 aliphatic rings. The number of pyridine rings is 1. The van der Waals surface area contributed by atoms with E-state index in [4.69, 9.17) is 11.6 Å². The highest BCUT2D eigenvalue weighted by atomic mass is 35.5. The first-order valence-corrected chi connectivity index (χ1v) is 8.90. The number of nitrogens with zero attached hydrogens (tertiary/aromatic N) is 2. The predicted octanol–water partition coefficient (Wildman–Crippen LogP) is 3.14. The Kier molecular flexibility index (Phi) is 4.22. The highest BCUT2D eigenvalue weighted by Gasteiger charge is 2.16. The third-order valence-electron chi connectivity index (χ3n) is 3.58. The summed E-state index contributed by atoms with van der Waals surface area (Å²) in [6.45, 7) is 2.05. The Bertz CT molecular complexity index is 739. The summed E-state index contributed by atoms with van der Waals surface area (Å²) < 4.78 is 27.0. The number of benzene rings is 1. The van der Waals surface area contributed by atoms with E-state index in [-0.39, 0.29) is 4.90 Å². The number of sulfonamides is 1. The first-order valence-electron chi connectivity index (χ1n) is 7.04. The minimum absolute atomic E-state index is 0.155. The van der Waals surface area contributed by atoms with Crippen LogP contribution in [0.2, 0.25) is 5.02 Å². The molecule has 0 bridgehead atoms. The fraction of sp³-hybridized carbons (Fsp3) is 0.267. The average molecular weight is 338 g/mol. The van der Waals surface area contributed by atoms with Crippen molar-refractivity contribution in [3.63, 3.8) is 0 Å². The maximum Gasteiger partial charge on any atom is 0.263 e. The number of anilines is 2. The molecule has 0 saturated carbocycles. The van der Waals surface area contributed by atoms with Gasteiger partial charge in [0, 0.05) is 18.1 Å². The zero-order valence-electron chi connectivity index (χ0n) is 11.9. The smallest absolute Gasteiger partial charge is 0.263 e. The number of nitrogens with one attached hydrogen (secondary N) is 1. The third-order valence-corrected chi connectivity index (χ3v) is 5.20. The second-order valence-electron chi connectivity index (χ2n) is 5.16. The Labute approximate surface area is 135 Å². The maximum atomic E-state index is 12.2. The van der Waals surface area contributed by atoms with Crippen molar-refractivity contribution in [2.75, 3.05) is 22.7 Å². The van der Waals surface area contributed by atoms with E-state index in [9.17, 15) is 8.42 Å². The molecule has 2 aromatic rings. The summed E-state index contributed by atoms with van der Waals surface area (Å²) >= 11 is 5.77. The molecule has 7 heteroatoms. The summed E-state index contributed by atoms with van der Waals surface area (Å²) in [7, 11) is -3.65. The summed E-state index contributed by atoms with van der Waals surface area (Å²) in [6.07, 6.45) is 4.07. The minimum atomic E-state index is -3.65. The Morgan fingerprint density at radius 2 is 1.73 bits per heavy atom. The van der Waals surface area contributed by atoms with Crippen molar-refractivity contribution in [2.45, 2.75) is 17.7 Å². The van der Waals surface area contributed by atoms with Crippen molar-refractivity contribution < 1.29 is 8.42 Å². The van der Waals surface area contributed by atoms with Gasteiger partial charge in [0.2, 0.25) is 0 Å². The molecule has 3 rings (SSSR count). The van der Waals surface area contributed by atoms with Crippen LogP contribution in [-0.4, -0.2) is 26.5 Å². The summed E-state index contributed by atoms with van der Waals surface area (Å²) in [5, 5.41) is 0.493. The van der Waals surface area contributed by atoms with Gasteiger partial charge < -0.3 is 4.90 Å². The molecule has 0 spiro atoms. The summed E-state index contributed by atoms with van der Waals surface area (Å²) in [5.74, 6) is 0.304. The van der Waals surface area contributed by atoms with Crippen LogP contribution >= 0.6 is 11.6 Å². The second-order valence-corrected chi connectivity index (χ2v) is 7.27. The van der Waals surface area contributed by atoms with Crippen LogP contribution < -0.4 is 9.62 Å². The molecule has 2 heterocycles. The second kappa shape index (κ2) is 6.14. The molecule has 116 valence electrons. The van der Waals surface area contributed by atoms with Gasteiger partial charge >= 0.3 is 0 Å². The van der Waals surface area contributed by atoms with Crippen LogP contribution in [0.3, 0.4) is 0 Å². The predicted molar refractivity (Wildman–Crippen MR) is 87.9 cm³/mol. The SMILES string of the molecule is O=S(=O)(Nc1ccc(N2CCCC2)cn1)c1ccc(Cl)cc1. The third kappa shape index (κ3) is 3.34. The van der Waals surface area contributed by atoms with Crippen LogP contribution in [-0.2, 0) is 10.0 Å². The van der Waals surface area contributed by atoms with E-state index >= 15 is 0 Å². The topological polar surface area (TPSA) is 62.3 Å². The molecule has 0 aliphatic carbocycles. The van der Waals surface area contributed by atoms with E-state index in [1.165, 1.54) is 25.0 Å².